The largest absolute Gasteiger partial charge is 0.383 e. The zero-order valence-electron chi connectivity index (χ0n) is 12.1. The van der Waals surface area contributed by atoms with Gasteiger partial charge in [0.1, 0.15) is 5.82 Å². The molecule has 1 heterocycles. The highest BCUT2D eigenvalue weighted by atomic mass is 16.5. The fourth-order valence-electron chi connectivity index (χ4n) is 1.77. The van der Waals surface area contributed by atoms with E-state index in [2.05, 4.69) is 37.8 Å². The molecule has 0 spiro atoms. The molecule has 1 rings (SSSR count). The van der Waals surface area contributed by atoms with Crippen molar-refractivity contribution in [3.63, 3.8) is 0 Å². The lowest BCUT2D eigenvalue weighted by Gasteiger charge is -2.26. The van der Waals surface area contributed by atoms with Crippen molar-refractivity contribution in [2.75, 3.05) is 25.7 Å². The predicted octanol–water partition coefficient (Wildman–Crippen LogP) is 2.13. The summed E-state index contributed by atoms with van der Waals surface area (Å²) in [5.74, 6) is 1.37. The van der Waals surface area contributed by atoms with E-state index in [-0.39, 0.29) is 6.04 Å². The third-order valence-electron chi connectivity index (χ3n) is 3.15. The van der Waals surface area contributed by atoms with Crippen LogP contribution in [0.1, 0.15) is 37.9 Å². The molecule has 1 aromatic heterocycles. The predicted molar refractivity (Wildman–Crippen MR) is 76.0 cm³/mol. The van der Waals surface area contributed by atoms with Crippen molar-refractivity contribution in [3.8, 4) is 0 Å². The Kier molecular flexibility index (Phi) is 5.56. The molecule has 0 aromatic carbocycles. The van der Waals surface area contributed by atoms with Gasteiger partial charge in [0.2, 0.25) is 0 Å². The first-order valence-corrected chi connectivity index (χ1v) is 6.42. The lowest BCUT2D eigenvalue weighted by atomic mass is 10.1. The molecule has 0 bridgehead atoms. The van der Waals surface area contributed by atoms with E-state index in [1.165, 1.54) is 0 Å². The molecule has 4 heteroatoms. The molecule has 18 heavy (non-hydrogen) atoms. The Morgan fingerprint density at radius 1 is 1.33 bits per heavy atom. The van der Waals surface area contributed by atoms with Crippen LogP contribution in [0.4, 0.5) is 5.82 Å². The van der Waals surface area contributed by atoms with Crippen LogP contribution in [0.5, 0.6) is 0 Å². The Labute approximate surface area is 110 Å². The molecule has 102 valence electrons. The van der Waals surface area contributed by atoms with Gasteiger partial charge in [0.05, 0.1) is 12.6 Å². The maximum absolute atomic E-state index is 5.75. The molecule has 4 nitrogen and oxygen atoms in total. The van der Waals surface area contributed by atoms with Crippen LogP contribution >= 0.6 is 0 Å². The van der Waals surface area contributed by atoms with Crippen molar-refractivity contribution >= 4 is 5.82 Å². The van der Waals surface area contributed by atoms with Crippen LogP contribution in [0.15, 0.2) is 12.1 Å². The van der Waals surface area contributed by atoms with Crippen molar-refractivity contribution in [2.24, 2.45) is 5.73 Å². The Morgan fingerprint density at radius 3 is 2.50 bits per heavy atom. The smallest absolute Gasteiger partial charge is 0.129 e. The van der Waals surface area contributed by atoms with Crippen LogP contribution in [-0.2, 0) is 11.3 Å². The van der Waals surface area contributed by atoms with Crippen molar-refractivity contribution in [2.45, 2.75) is 39.3 Å². The molecule has 0 aliphatic heterocycles. The van der Waals surface area contributed by atoms with Crippen LogP contribution in [0.25, 0.3) is 0 Å². The molecule has 0 saturated carbocycles. The fraction of sp³-hybridized carbons (Fsp3) is 0.643. The van der Waals surface area contributed by atoms with Gasteiger partial charge in [-0.05, 0) is 30.5 Å². The second-order valence-electron chi connectivity index (χ2n) is 5.03. The van der Waals surface area contributed by atoms with E-state index in [1.54, 1.807) is 7.11 Å². The molecule has 0 aliphatic rings. The topological polar surface area (TPSA) is 51.4 Å². The first kappa shape index (κ1) is 14.9. The van der Waals surface area contributed by atoms with Crippen LogP contribution in [0.2, 0.25) is 0 Å². The summed E-state index contributed by atoms with van der Waals surface area (Å²) < 4.78 is 5.19. The zero-order valence-corrected chi connectivity index (χ0v) is 12.1. The number of pyridine rings is 1. The summed E-state index contributed by atoms with van der Waals surface area (Å²) in [6, 6.07) is 4.43. The Morgan fingerprint density at radius 2 is 2.00 bits per heavy atom. The molecular weight excluding hydrogens is 226 g/mol. The summed E-state index contributed by atoms with van der Waals surface area (Å²) in [5.41, 5.74) is 7.96. The van der Waals surface area contributed by atoms with Crippen LogP contribution in [-0.4, -0.2) is 31.8 Å². The molecule has 0 amide bonds. The van der Waals surface area contributed by atoms with Gasteiger partial charge in [-0.2, -0.15) is 0 Å². The number of rotatable bonds is 6. The number of hydrogen-bond donors (Lipinski definition) is 1. The number of aromatic nitrogens is 1. The Hall–Kier alpha value is -1.13. The normalized spacial score (nSPS) is 12.8. The van der Waals surface area contributed by atoms with E-state index in [1.807, 2.05) is 7.05 Å². The highest BCUT2D eigenvalue weighted by molar-refractivity contribution is 5.43. The quantitative estimate of drug-likeness (QED) is 0.841. The summed E-state index contributed by atoms with van der Waals surface area (Å²) >= 11 is 0. The minimum Gasteiger partial charge on any atom is -0.383 e. The molecule has 0 radical (unpaired) electrons. The third-order valence-corrected chi connectivity index (χ3v) is 3.15. The minimum atomic E-state index is 0.288. The number of ether oxygens (including phenoxy) is 1. The maximum Gasteiger partial charge on any atom is 0.129 e. The van der Waals surface area contributed by atoms with Gasteiger partial charge < -0.3 is 15.4 Å². The molecule has 0 fully saturated rings. The highest BCUT2D eigenvalue weighted by Crippen LogP contribution is 2.20. The first-order valence-electron chi connectivity index (χ1n) is 6.42. The highest BCUT2D eigenvalue weighted by Gasteiger charge is 2.13. The van der Waals surface area contributed by atoms with E-state index < -0.39 is 0 Å². The van der Waals surface area contributed by atoms with Crippen LogP contribution in [0.3, 0.4) is 0 Å². The fourth-order valence-corrected chi connectivity index (χ4v) is 1.77. The van der Waals surface area contributed by atoms with Crippen molar-refractivity contribution < 1.29 is 4.74 Å². The van der Waals surface area contributed by atoms with E-state index >= 15 is 0 Å². The average Bonchev–Trinajstić information content (AvgIpc) is 2.37. The number of likely N-dealkylation sites (N-methyl/N-ethyl adjacent to an activating group) is 1. The third kappa shape index (κ3) is 3.68. The number of methoxy groups -OCH3 is 1. The van der Waals surface area contributed by atoms with E-state index in [4.69, 9.17) is 15.5 Å². The van der Waals surface area contributed by atoms with Gasteiger partial charge in [-0.3, -0.25) is 0 Å². The van der Waals surface area contributed by atoms with Gasteiger partial charge in [-0.15, -0.1) is 0 Å². The molecule has 1 unspecified atom stereocenters. The van der Waals surface area contributed by atoms with Crippen molar-refractivity contribution in [1.82, 2.24) is 4.98 Å². The van der Waals surface area contributed by atoms with Gasteiger partial charge in [0.25, 0.3) is 0 Å². The van der Waals surface area contributed by atoms with E-state index in [0.29, 0.717) is 19.1 Å². The SMILES string of the molecule is COCC(C)N(C)c1cc(CN)cc(C(C)C)n1. The molecule has 1 atom stereocenters. The van der Waals surface area contributed by atoms with Gasteiger partial charge >= 0.3 is 0 Å². The minimum absolute atomic E-state index is 0.288. The summed E-state index contributed by atoms with van der Waals surface area (Å²) in [7, 11) is 3.75. The molecular formula is C14H25N3O. The standard InChI is InChI=1S/C14H25N3O/c1-10(2)13-6-12(8-15)7-14(16-13)17(4)11(3)9-18-5/h6-7,10-11H,8-9,15H2,1-5H3. The summed E-state index contributed by atoms with van der Waals surface area (Å²) in [4.78, 5) is 6.83. The summed E-state index contributed by atoms with van der Waals surface area (Å²) in [6.07, 6.45) is 0. The van der Waals surface area contributed by atoms with Gasteiger partial charge in [0, 0.05) is 26.4 Å². The average molecular weight is 251 g/mol. The van der Waals surface area contributed by atoms with E-state index in [9.17, 15) is 0 Å². The van der Waals surface area contributed by atoms with E-state index in [0.717, 1.165) is 17.1 Å². The number of nitrogens with two attached hydrogens (primary N) is 1. The molecule has 0 saturated heterocycles. The van der Waals surface area contributed by atoms with Crippen LogP contribution < -0.4 is 10.6 Å². The summed E-state index contributed by atoms with van der Waals surface area (Å²) in [6.45, 7) is 7.63. The Bertz CT molecular complexity index is 379. The van der Waals surface area contributed by atoms with Gasteiger partial charge in [-0.1, -0.05) is 13.8 Å². The molecule has 1 aromatic rings. The number of hydrogen-bond acceptors (Lipinski definition) is 4. The molecule has 0 aliphatic carbocycles. The number of nitrogens with zero attached hydrogens (tertiary/aromatic N) is 2. The lowest BCUT2D eigenvalue weighted by molar-refractivity contribution is 0.183. The van der Waals surface area contributed by atoms with Crippen molar-refractivity contribution in [1.29, 1.82) is 0 Å². The second-order valence-corrected chi connectivity index (χ2v) is 5.03. The maximum atomic E-state index is 5.75. The van der Waals surface area contributed by atoms with Gasteiger partial charge in [-0.25, -0.2) is 4.98 Å². The number of anilines is 1. The second kappa shape index (κ2) is 6.71. The zero-order chi connectivity index (χ0) is 13.7. The summed E-state index contributed by atoms with van der Waals surface area (Å²) in [5, 5.41) is 0. The monoisotopic (exact) mass is 251 g/mol. The van der Waals surface area contributed by atoms with Gasteiger partial charge in [0.15, 0.2) is 0 Å². The van der Waals surface area contributed by atoms with Crippen molar-refractivity contribution in [3.05, 3.63) is 23.4 Å². The van der Waals surface area contributed by atoms with Crippen LogP contribution in [0, 0.1) is 0 Å². The Balaban J connectivity index is 3.03. The molecule has 2 N–H and O–H groups in total. The first-order chi connectivity index (χ1) is 8.49. The lowest BCUT2D eigenvalue weighted by Crippen LogP contribution is -2.33.